The zero-order valence-electron chi connectivity index (χ0n) is 16.1. The first-order valence-corrected chi connectivity index (χ1v) is 11.3. The highest BCUT2D eigenvalue weighted by atomic mass is 32.2. The molecule has 2 rings (SSSR count). The van der Waals surface area contributed by atoms with E-state index in [2.05, 4.69) is 0 Å². The summed E-state index contributed by atoms with van der Waals surface area (Å²) in [5.41, 5.74) is -1.14. The SMILES string of the molecule is O=C(OCCCC(SC1OC(CO)C(O)C(O)C1O)=[N+]([O-])S(=O)(=O)O)c1ccccc1. The van der Waals surface area contributed by atoms with E-state index in [1.807, 2.05) is 0 Å². The molecule has 1 fully saturated rings. The van der Waals surface area contributed by atoms with Crippen molar-refractivity contribution in [2.45, 2.75) is 42.7 Å². The summed E-state index contributed by atoms with van der Waals surface area (Å²) in [7, 11) is -5.20. The van der Waals surface area contributed by atoms with E-state index in [4.69, 9.17) is 14.0 Å². The van der Waals surface area contributed by atoms with Gasteiger partial charge in [0.25, 0.3) is 0 Å². The Morgan fingerprint density at radius 2 is 1.81 bits per heavy atom. The van der Waals surface area contributed by atoms with Crippen LogP contribution < -0.4 is 0 Å². The van der Waals surface area contributed by atoms with E-state index < -0.39 is 61.9 Å². The van der Waals surface area contributed by atoms with Gasteiger partial charge in [-0.1, -0.05) is 22.3 Å². The third-order valence-electron chi connectivity index (χ3n) is 4.29. The van der Waals surface area contributed by atoms with Crippen LogP contribution in [-0.4, -0.2) is 91.6 Å². The zero-order chi connectivity index (χ0) is 23.2. The van der Waals surface area contributed by atoms with Crippen molar-refractivity contribution < 1.29 is 51.8 Å². The largest absolute Gasteiger partial charge is 0.605 e. The van der Waals surface area contributed by atoms with E-state index in [1.54, 1.807) is 18.2 Å². The number of thioether (sulfide) groups is 1. The van der Waals surface area contributed by atoms with Crippen LogP contribution in [0, 0.1) is 5.21 Å². The number of hydrogen-bond acceptors (Lipinski definition) is 11. The molecular formula is C17H23NO11S2. The Bertz CT molecular complexity index is 875. The average Bonchev–Trinajstić information content (AvgIpc) is 2.75. The topological polar surface area (TPSA) is 197 Å². The van der Waals surface area contributed by atoms with Crippen LogP contribution in [0.4, 0.5) is 0 Å². The Morgan fingerprint density at radius 1 is 1.16 bits per heavy atom. The summed E-state index contributed by atoms with van der Waals surface area (Å²) in [5.74, 6) is -0.627. The number of aliphatic hydroxyl groups excluding tert-OH is 4. The highest BCUT2D eigenvalue weighted by Gasteiger charge is 2.45. The Labute approximate surface area is 182 Å². The summed E-state index contributed by atoms with van der Waals surface area (Å²) in [4.78, 5) is 11.9. The van der Waals surface area contributed by atoms with Gasteiger partial charge >= 0.3 is 16.3 Å². The van der Waals surface area contributed by atoms with Gasteiger partial charge in [-0.05, 0) is 30.3 Å². The van der Waals surface area contributed by atoms with E-state index in [-0.39, 0.29) is 19.4 Å². The van der Waals surface area contributed by atoms with Gasteiger partial charge in [-0.3, -0.25) is 0 Å². The molecule has 0 spiro atoms. The van der Waals surface area contributed by atoms with Gasteiger partial charge < -0.3 is 35.1 Å². The van der Waals surface area contributed by atoms with Crippen LogP contribution in [-0.2, 0) is 19.8 Å². The highest BCUT2D eigenvalue weighted by Crippen LogP contribution is 2.30. The van der Waals surface area contributed by atoms with Gasteiger partial charge in [0.2, 0.25) is 5.04 Å². The minimum Gasteiger partial charge on any atom is -0.605 e. The second-order valence-corrected chi connectivity index (χ2v) is 8.92. The average molecular weight is 482 g/mol. The maximum atomic E-state index is 12.0. The van der Waals surface area contributed by atoms with Crippen molar-refractivity contribution in [1.82, 2.24) is 0 Å². The van der Waals surface area contributed by atoms with Gasteiger partial charge in [0.15, 0.2) is 0 Å². The summed E-state index contributed by atoms with van der Waals surface area (Å²) in [6.45, 7) is -0.905. The Balaban J connectivity index is 2.06. The predicted octanol–water partition coefficient (Wildman–Crippen LogP) is -1.13. The first-order valence-electron chi connectivity index (χ1n) is 9.06. The maximum absolute atomic E-state index is 12.0. The lowest BCUT2D eigenvalue weighted by Crippen LogP contribution is -2.57. The summed E-state index contributed by atoms with van der Waals surface area (Å²) in [6.07, 6.45) is -6.69. The number of rotatable bonds is 8. The fraction of sp³-hybridized carbons (Fsp3) is 0.529. The molecule has 0 radical (unpaired) electrons. The van der Waals surface area contributed by atoms with Crippen molar-refractivity contribution in [2.24, 2.45) is 0 Å². The second-order valence-electron chi connectivity index (χ2n) is 6.52. The number of nitrogens with zero attached hydrogens (tertiary/aromatic N) is 1. The van der Waals surface area contributed by atoms with Crippen molar-refractivity contribution >= 4 is 33.1 Å². The molecule has 0 aromatic heterocycles. The normalized spacial score (nSPS) is 27.5. The van der Waals surface area contributed by atoms with Crippen LogP contribution in [0.2, 0.25) is 0 Å². The summed E-state index contributed by atoms with van der Waals surface area (Å²) < 4.78 is 41.2. The fourth-order valence-electron chi connectivity index (χ4n) is 2.67. The number of carbonyl (C=O) groups is 1. The molecule has 5 unspecified atom stereocenters. The lowest BCUT2D eigenvalue weighted by molar-refractivity contribution is -0.290. The van der Waals surface area contributed by atoms with Crippen molar-refractivity contribution in [3.63, 3.8) is 0 Å². The number of esters is 1. The van der Waals surface area contributed by atoms with E-state index in [1.165, 1.54) is 12.1 Å². The first-order chi connectivity index (χ1) is 14.6. The number of benzene rings is 1. The summed E-state index contributed by atoms with van der Waals surface area (Å²) in [5, 5.41) is 50.4. The number of hydrogen-bond donors (Lipinski definition) is 5. The van der Waals surface area contributed by atoms with Crippen LogP contribution in [0.5, 0.6) is 0 Å². The molecule has 1 saturated heterocycles. The molecule has 5 atom stereocenters. The van der Waals surface area contributed by atoms with Crippen LogP contribution in [0.1, 0.15) is 23.2 Å². The van der Waals surface area contributed by atoms with Crippen molar-refractivity contribution in [1.29, 1.82) is 0 Å². The van der Waals surface area contributed by atoms with Gasteiger partial charge in [-0.2, -0.15) is 0 Å². The molecule has 0 bridgehead atoms. The third kappa shape index (κ3) is 6.85. The van der Waals surface area contributed by atoms with Gasteiger partial charge in [0.05, 0.1) is 18.8 Å². The number of carbonyl (C=O) groups excluding carboxylic acids is 1. The van der Waals surface area contributed by atoms with E-state index in [0.717, 1.165) is 0 Å². The van der Waals surface area contributed by atoms with Gasteiger partial charge in [-0.15, -0.1) is 8.42 Å². The number of aliphatic hydroxyl groups is 4. The van der Waals surface area contributed by atoms with Gasteiger partial charge in [0, 0.05) is 6.42 Å². The lowest BCUT2D eigenvalue weighted by atomic mass is 10.0. The monoisotopic (exact) mass is 481 g/mol. The zero-order valence-corrected chi connectivity index (χ0v) is 17.7. The standard InChI is InChI=1S/C17H23NO11S2/c19-9-11-13(20)14(21)15(22)17(29-11)30-12(18(24)31(25,26)27)7-4-8-28-16(23)10-5-2-1-3-6-10/h1-3,5-6,11,13-15,17,19-22H,4,7-9H2,(H,25,26,27). The molecular weight excluding hydrogens is 458 g/mol. The Hall–Kier alpha value is -1.78. The first kappa shape index (κ1) is 25.5. The molecule has 1 aliphatic rings. The lowest BCUT2D eigenvalue weighted by Gasteiger charge is -2.39. The highest BCUT2D eigenvalue weighted by molar-refractivity contribution is 8.14. The minimum atomic E-state index is -5.20. The van der Waals surface area contributed by atoms with E-state index in [0.29, 0.717) is 17.3 Å². The Morgan fingerprint density at radius 3 is 2.39 bits per heavy atom. The maximum Gasteiger partial charge on any atom is 0.518 e. The minimum absolute atomic E-state index is 0.0212. The van der Waals surface area contributed by atoms with Crippen molar-refractivity contribution in [2.75, 3.05) is 13.2 Å². The molecule has 0 amide bonds. The molecule has 14 heteroatoms. The molecule has 0 aliphatic carbocycles. The van der Waals surface area contributed by atoms with Gasteiger partial charge in [0.1, 0.15) is 29.9 Å². The van der Waals surface area contributed by atoms with Crippen LogP contribution >= 0.6 is 11.8 Å². The molecule has 1 aromatic rings. The number of ether oxygens (including phenoxy) is 2. The van der Waals surface area contributed by atoms with E-state index in [9.17, 15) is 38.8 Å². The smallest absolute Gasteiger partial charge is 0.518 e. The molecule has 5 N–H and O–H groups in total. The molecule has 1 heterocycles. The van der Waals surface area contributed by atoms with Crippen molar-refractivity contribution in [3.8, 4) is 0 Å². The van der Waals surface area contributed by atoms with E-state index >= 15 is 0 Å². The molecule has 174 valence electrons. The molecule has 1 aromatic carbocycles. The van der Waals surface area contributed by atoms with Crippen LogP contribution in [0.3, 0.4) is 0 Å². The Kier molecular flexibility index (Phi) is 9.20. The van der Waals surface area contributed by atoms with Crippen LogP contribution in [0.15, 0.2) is 30.3 Å². The van der Waals surface area contributed by atoms with Crippen molar-refractivity contribution in [3.05, 3.63) is 41.1 Å². The predicted molar refractivity (Wildman–Crippen MR) is 107 cm³/mol. The molecule has 0 saturated carbocycles. The molecule has 1 aliphatic heterocycles. The molecule has 31 heavy (non-hydrogen) atoms. The third-order valence-corrected chi connectivity index (χ3v) is 6.31. The van der Waals surface area contributed by atoms with Gasteiger partial charge in [-0.25, -0.2) is 9.35 Å². The molecule has 12 nitrogen and oxygen atoms in total. The summed E-state index contributed by atoms with van der Waals surface area (Å²) in [6, 6.07) is 8.06. The van der Waals surface area contributed by atoms with Crippen LogP contribution in [0.25, 0.3) is 0 Å². The fourth-order valence-corrected chi connectivity index (χ4v) is 4.54. The second kappa shape index (κ2) is 11.2. The summed E-state index contributed by atoms with van der Waals surface area (Å²) >= 11 is 0.385. The quantitative estimate of drug-likeness (QED) is 0.0438.